The number of aromatic nitrogens is 1. The maximum atomic E-state index is 13.5. The summed E-state index contributed by atoms with van der Waals surface area (Å²) in [6, 6.07) is 12.7. The monoisotopic (exact) mass is 538 g/mol. The van der Waals surface area contributed by atoms with Gasteiger partial charge in [-0.25, -0.2) is 17.9 Å². The number of hydrogen-bond donors (Lipinski definition) is 2. The molecule has 38 heavy (non-hydrogen) atoms. The number of carbonyl (C=O) groups is 3. The van der Waals surface area contributed by atoms with E-state index in [9.17, 15) is 22.8 Å². The van der Waals surface area contributed by atoms with Gasteiger partial charge in [0.2, 0.25) is 5.91 Å². The van der Waals surface area contributed by atoms with E-state index in [1.807, 2.05) is 29.0 Å². The number of benzene rings is 2. The van der Waals surface area contributed by atoms with Crippen LogP contribution in [0, 0.1) is 0 Å². The van der Waals surface area contributed by atoms with E-state index in [2.05, 4.69) is 17.1 Å². The number of likely N-dealkylation sites (N-methyl/N-ethyl adjacent to an activating group) is 1. The minimum Gasteiger partial charge on any atom is -0.449 e. The van der Waals surface area contributed by atoms with Crippen molar-refractivity contribution in [2.75, 3.05) is 18.4 Å². The van der Waals surface area contributed by atoms with Gasteiger partial charge in [0.1, 0.15) is 0 Å². The highest BCUT2D eigenvalue weighted by atomic mass is 32.2. The number of nitrogens with zero attached hydrogens (tertiary/aromatic N) is 2. The van der Waals surface area contributed by atoms with E-state index >= 15 is 0 Å². The average molecular weight is 539 g/mol. The third kappa shape index (κ3) is 5.84. The number of esters is 1. The van der Waals surface area contributed by atoms with Gasteiger partial charge in [0, 0.05) is 48.8 Å². The zero-order chi connectivity index (χ0) is 27.4. The number of sulfonamides is 1. The van der Waals surface area contributed by atoms with Crippen molar-refractivity contribution in [3.63, 3.8) is 0 Å². The molecular weight excluding hydrogens is 508 g/mol. The predicted molar refractivity (Wildman–Crippen MR) is 142 cm³/mol. The van der Waals surface area contributed by atoms with Crippen LogP contribution in [-0.4, -0.2) is 55.3 Å². The van der Waals surface area contributed by atoms with Crippen molar-refractivity contribution in [2.45, 2.75) is 51.2 Å². The topological polar surface area (TPSA) is 135 Å². The highest BCUT2D eigenvalue weighted by Crippen LogP contribution is 2.29. The summed E-state index contributed by atoms with van der Waals surface area (Å²) in [5.41, 5.74) is 3.15. The van der Waals surface area contributed by atoms with Gasteiger partial charge in [-0.2, -0.15) is 0 Å². The molecule has 2 N–H and O–H groups in total. The van der Waals surface area contributed by atoms with Gasteiger partial charge < -0.3 is 10.1 Å². The molecule has 2 aromatic carbocycles. The summed E-state index contributed by atoms with van der Waals surface area (Å²) < 4.78 is 31.9. The summed E-state index contributed by atoms with van der Waals surface area (Å²) in [5, 5.41) is 3.35. The molecule has 10 nitrogen and oxygen atoms in total. The van der Waals surface area contributed by atoms with Gasteiger partial charge in [0.15, 0.2) is 6.10 Å². The Labute approximate surface area is 221 Å². The molecule has 2 heterocycles. The van der Waals surface area contributed by atoms with Crippen molar-refractivity contribution in [1.82, 2.24) is 14.6 Å². The van der Waals surface area contributed by atoms with E-state index in [0.29, 0.717) is 28.7 Å². The number of pyridine rings is 1. The van der Waals surface area contributed by atoms with E-state index in [-0.39, 0.29) is 11.3 Å². The Morgan fingerprint density at radius 3 is 2.45 bits per heavy atom. The first kappa shape index (κ1) is 27.2. The Morgan fingerprint density at radius 2 is 1.79 bits per heavy atom. The van der Waals surface area contributed by atoms with Gasteiger partial charge in [0.05, 0.1) is 16.0 Å². The molecule has 0 radical (unpaired) electrons. The summed E-state index contributed by atoms with van der Waals surface area (Å²) >= 11 is 0. The van der Waals surface area contributed by atoms with Crippen LogP contribution >= 0.6 is 0 Å². The first-order valence-electron chi connectivity index (χ1n) is 12.4. The molecular formula is C27H30N4O6S. The highest BCUT2D eigenvalue weighted by molar-refractivity contribution is 7.90. The van der Waals surface area contributed by atoms with Gasteiger partial charge in [-0.1, -0.05) is 32.0 Å². The summed E-state index contributed by atoms with van der Waals surface area (Å²) in [6.45, 7) is 7.17. The molecule has 1 aliphatic heterocycles. The largest absolute Gasteiger partial charge is 0.449 e. The van der Waals surface area contributed by atoms with E-state index in [1.54, 1.807) is 6.92 Å². The number of para-hydroxylation sites is 1. The molecule has 1 atom stereocenters. The van der Waals surface area contributed by atoms with Crippen molar-refractivity contribution in [3.8, 4) is 0 Å². The lowest BCUT2D eigenvalue weighted by molar-refractivity contribution is -0.124. The molecule has 3 aromatic rings. The minimum absolute atomic E-state index is 0.125. The van der Waals surface area contributed by atoms with Gasteiger partial charge in [-0.15, -0.1) is 0 Å². The highest BCUT2D eigenvalue weighted by Gasteiger charge is 2.29. The first-order chi connectivity index (χ1) is 18.1. The minimum atomic E-state index is -3.99. The maximum Gasteiger partial charge on any atom is 0.340 e. The van der Waals surface area contributed by atoms with Crippen LogP contribution in [0.4, 0.5) is 5.69 Å². The van der Waals surface area contributed by atoms with E-state index in [4.69, 9.17) is 9.72 Å². The molecule has 200 valence electrons. The van der Waals surface area contributed by atoms with Crippen LogP contribution in [0.2, 0.25) is 0 Å². The van der Waals surface area contributed by atoms with Gasteiger partial charge >= 0.3 is 5.97 Å². The molecule has 1 aromatic heterocycles. The predicted octanol–water partition coefficient (Wildman–Crippen LogP) is 3.01. The van der Waals surface area contributed by atoms with Crippen LogP contribution in [0.5, 0.6) is 0 Å². The molecule has 0 spiro atoms. The van der Waals surface area contributed by atoms with E-state index < -0.39 is 33.9 Å². The Kier molecular flexibility index (Phi) is 8.08. The summed E-state index contributed by atoms with van der Waals surface area (Å²) in [7, 11) is -3.99. The van der Waals surface area contributed by atoms with E-state index in [0.717, 1.165) is 37.7 Å². The van der Waals surface area contributed by atoms with Crippen molar-refractivity contribution < 1.29 is 27.5 Å². The fourth-order valence-electron chi connectivity index (χ4n) is 4.45. The van der Waals surface area contributed by atoms with Crippen LogP contribution in [0.1, 0.15) is 48.8 Å². The zero-order valence-corrected chi connectivity index (χ0v) is 22.3. The number of amides is 2. The van der Waals surface area contributed by atoms with Crippen molar-refractivity contribution in [2.24, 2.45) is 0 Å². The summed E-state index contributed by atoms with van der Waals surface area (Å²) in [4.78, 5) is 44.6. The van der Waals surface area contributed by atoms with Crippen LogP contribution in [0.15, 0.2) is 53.4 Å². The number of anilines is 1. The number of nitrogens with one attached hydrogen (secondary N) is 2. The van der Waals surface area contributed by atoms with Crippen LogP contribution < -0.4 is 10.0 Å². The second-order valence-electron chi connectivity index (χ2n) is 9.03. The first-order valence-corrected chi connectivity index (χ1v) is 13.9. The molecule has 2 amide bonds. The lowest BCUT2D eigenvalue weighted by Crippen LogP contribution is -2.35. The van der Waals surface area contributed by atoms with Crippen molar-refractivity contribution in [3.05, 3.63) is 65.4 Å². The molecule has 0 saturated heterocycles. The molecule has 1 unspecified atom stereocenters. The van der Waals surface area contributed by atoms with Crippen molar-refractivity contribution in [1.29, 1.82) is 0 Å². The normalized spacial score (nSPS) is 14.4. The van der Waals surface area contributed by atoms with E-state index in [1.165, 1.54) is 24.3 Å². The summed E-state index contributed by atoms with van der Waals surface area (Å²) in [6.07, 6.45) is -0.114. The molecule has 0 saturated carbocycles. The lowest BCUT2D eigenvalue weighted by atomic mass is 9.95. The molecule has 1 aliphatic rings. The lowest BCUT2D eigenvalue weighted by Gasteiger charge is -2.29. The third-order valence-electron chi connectivity index (χ3n) is 6.40. The number of fused-ring (bicyclic) bond motifs is 2. The molecule has 0 bridgehead atoms. The zero-order valence-electron chi connectivity index (χ0n) is 21.5. The van der Waals surface area contributed by atoms with Gasteiger partial charge in [-0.05, 0) is 43.3 Å². The number of hydrogen-bond acceptors (Lipinski definition) is 8. The van der Waals surface area contributed by atoms with Crippen LogP contribution in [0.25, 0.3) is 10.9 Å². The standard InChI is InChI=1S/C27H30N4O6S/c1-4-24(26(33)28-18-10-12-19(13-11-18)38(35,36)30-17(3)32)37-27(34)25-20-8-6-7-9-22(20)29-23-14-15-31(5-2)16-21(23)25/h6-13,24H,4-5,14-16H2,1-3H3,(H,28,33)(H,30,32). The Bertz CT molecular complexity index is 1490. The Balaban J connectivity index is 1.55. The SMILES string of the molecule is CCC(OC(=O)c1c2c(nc3ccccc13)CCN(CC)C2)C(=O)Nc1ccc(S(=O)(=O)NC(C)=O)cc1. The van der Waals surface area contributed by atoms with Crippen LogP contribution in [0.3, 0.4) is 0 Å². The quantitative estimate of drug-likeness (QED) is 0.418. The second kappa shape index (κ2) is 11.3. The Hall–Kier alpha value is -3.83. The fourth-order valence-corrected chi connectivity index (χ4v) is 5.44. The number of ether oxygens (including phenoxy) is 1. The average Bonchev–Trinajstić information content (AvgIpc) is 2.89. The third-order valence-corrected chi connectivity index (χ3v) is 7.85. The van der Waals surface area contributed by atoms with Gasteiger partial charge in [0.25, 0.3) is 15.9 Å². The molecule has 0 aliphatic carbocycles. The molecule has 0 fully saturated rings. The molecule has 4 rings (SSSR count). The van der Waals surface area contributed by atoms with Gasteiger partial charge in [-0.3, -0.25) is 19.5 Å². The van der Waals surface area contributed by atoms with Crippen LogP contribution in [-0.2, 0) is 37.3 Å². The maximum absolute atomic E-state index is 13.5. The number of rotatable bonds is 8. The van der Waals surface area contributed by atoms with Crippen molar-refractivity contribution >= 4 is 44.4 Å². The summed E-state index contributed by atoms with van der Waals surface area (Å²) in [5.74, 6) is -1.84. The fraction of sp³-hybridized carbons (Fsp3) is 0.333. The molecule has 11 heteroatoms. The Morgan fingerprint density at radius 1 is 1.08 bits per heavy atom. The smallest absolute Gasteiger partial charge is 0.340 e. The number of carbonyl (C=O) groups excluding carboxylic acids is 3. The second-order valence-corrected chi connectivity index (χ2v) is 10.7.